The van der Waals surface area contributed by atoms with E-state index >= 15 is 0 Å². The summed E-state index contributed by atoms with van der Waals surface area (Å²) in [7, 11) is 4.32. The fraction of sp³-hybridized carbons (Fsp3) is 0.333. The van der Waals surface area contributed by atoms with Gasteiger partial charge in [0.25, 0.3) is 11.8 Å². The minimum absolute atomic E-state index is 0.0949. The molecule has 13 heteroatoms. The van der Waals surface area contributed by atoms with Gasteiger partial charge in [-0.25, -0.2) is 0 Å². The van der Waals surface area contributed by atoms with Crippen LogP contribution in [0.2, 0.25) is 0 Å². The van der Waals surface area contributed by atoms with E-state index in [0.29, 0.717) is 29.1 Å². The number of aryl methyl sites for hydroxylation is 2. The van der Waals surface area contributed by atoms with Crippen molar-refractivity contribution in [1.29, 1.82) is 0 Å². The van der Waals surface area contributed by atoms with Crippen molar-refractivity contribution in [2.45, 2.75) is 40.2 Å². The number of fused-ring (bicyclic) bond motifs is 1. The highest BCUT2D eigenvalue weighted by Crippen LogP contribution is 2.45. The normalized spacial score (nSPS) is 13.9. The molecule has 0 aromatic heterocycles. The number of nitrogens with one attached hydrogen (secondary N) is 3. The van der Waals surface area contributed by atoms with Crippen molar-refractivity contribution in [1.82, 2.24) is 10.2 Å². The molecular formula is C33H37BrN4O8. The van der Waals surface area contributed by atoms with Gasteiger partial charge in [-0.15, -0.1) is 0 Å². The Morgan fingerprint density at radius 3 is 2.13 bits per heavy atom. The van der Waals surface area contributed by atoms with Crippen molar-refractivity contribution < 1.29 is 38.1 Å². The molecule has 12 nitrogen and oxygen atoms in total. The number of methoxy groups -OCH3 is 3. The molecule has 1 atom stereocenters. The fourth-order valence-electron chi connectivity index (χ4n) is 5.19. The van der Waals surface area contributed by atoms with Crippen molar-refractivity contribution >= 4 is 50.9 Å². The molecule has 1 aliphatic rings. The number of halogens is 1. The average molecular weight is 698 g/mol. The monoisotopic (exact) mass is 696 g/mol. The minimum atomic E-state index is -1.11. The first kappa shape index (κ1) is 34.1. The maximum Gasteiger partial charge on any atom is 0.257 e. The fourth-order valence-corrected chi connectivity index (χ4v) is 5.83. The minimum Gasteiger partial charge on any atom is -0.493 e. The predicted octanol–water partition coefficient (Wildman–Crippen LogP) is 5.45. The average Bonchev–Trinajstić information content (AvgIpc) is 3.11. The molecule has 0 saturated heterocycles. The Bertz CT molecular complexity index is 1670. The molecular weight excluding hydrogens is 660 g/mol. The first-order chi connectivity index (χ1) is 21.9. The van der Waals surface area contributed by atoms with Crippen LogP contribution in [0.25, 0.3) is 0 Å². The van der Waals surface area contributed by atoms with Gasteiger partial charge in [-0.05, 0) is 85.1 Å². The zero-order valence-electron chi connectivity index (χ0n) is 26.8. The Balaban J connectivity index is 1.78. The van der Waals surface area contributed by atoms with E-state index in [0.717, 1.165) is 11.1 Å². The van der Waals surface area contributed by atoms with Gasteiger partial charge >= 0.3 is 0 Å². The van der Waals surface area contributed by atoms with E-state index in [2.05, 4.69) is 31.9 Å². The van der Waals surface area contributed by atoms with E-state index in [1.165, 1.54) is 39.5 Å². The second-order valence-corrected chi connectivity index (χ2v) is 11.4. The van der Waals surface area contributed by atoms with Crippen LogP contribution in [0.4, 0.5) is 11.4 Å². The number of nitrogens with zero attached hydrogens (tertiary/aromatic N) is 1. The van der Waals surface area contributed by atoms with Crippen molar-refractivity contribution in [3.63, 3.8) is 0 Å². The zero-order chi connectivity index (χ0) is 33.7. The number of hydrogen-bond acceptors (Lipinski definition) is 8. The smallest absolute Gasteiger partial charge is 0.257 e. The third-order valence-electron chi connectivity index (χ3n) is 7.42. The molecule has 0 radical (unpaired) electrons. The van der Waals surface area contributed by atoms with Gasteiger partial charge in [-0.1, -0.05) is 6.07 Å². The second kappa shape index (κ2) is 14.5. The standard InChI is InChI=1S/C33H37BrN4O8/c1-8-38(9-2)27(39)16-24-33(42)35-22-15-23(36-32(41)21-14-26(43-5)29(44-6)30(45-7)28(21)34)25(13-20(22)31(40)37-24)46-19-11-17(3)10-18(4)12-19/h10-15,24H,8-9,16H2,1-7H3,(H,35,42)(H,36,41)(H,37,40)/t24-/m0/s1. The van der Waals surface area contributed by atoms with Crippen LogP contribution < -0.4 is 34.9 Å². The lowest BCUT2D eigenvalue weighted by Gasteiger charge is -2.21. The molecule has 3 N–H and O–H groups in total. The molecule has 4 rings (SSSR count). The number of anilines is 2. The molecule has 3 aromatic rings. The van der Waals surface area contributed by atoms with Crippen LogP contribution in [0, 0.1) is 13.8 Å². The van der Waals surface area contributed by atoms with Crippen LogP contribution >= 0.6 is 15.9 Å². The van der Waals surface area contributed by atoms with Gasteiger partial charge in [0.2, 0.25) is 17.6 Å². The summed E-state index contributed by atoms with van der Waals surface area (Å²) in [5.41, 5.74) is 2.43. The van der Waals surface area contributed by atoms with E-state index in [1.807, 2.05) is 45.9 Å². The lowest BCUT2D eigenvalue weighted by atomic mass is 10.1. The molecule has 0 spiro atoms. The van der Waals surface area contributed by atoms with Crippen LogP contribution in [-0.2, 0) is 9.59 Å². The first-order valence-electron chi connectivity index (χ1n) is 14.6. The van der Waals surface area contributed by atoms with Gasteiger partial charge in [-0.2, -0.15) is 0 Å². The van der Waals surface area contributed by atoms with E-state index in [-0.39, 0.29) is 52.1 Å². The van der Waals surface area contributed by atoms with Crippen molar-refractivity contribution in [3.05, 3.63) is 63.1 Å². The van der Waals surface area contributed by atoms with Crippen molar-refractivity contribution in [3.8, 4) is 28.7 Å². The Morgan fingerprint density at radius 2 is 1.54 bits per heavy atom. The summed E-state index contributed by atoms with van der Waals surface area (Å²) >= 11 is 3.44. The highest BCUT2D eigenvalue weighted by atomic mass is 79.9. The summed E-state index contributed by atoms with van der Waals surface area (Å²) in [4.78, 5) is 54.9. The van der Waals surface area contributed by atoms with Gasteiger partial charge in [-0.3, -0.25) is 19.2 Å². The van der Waals surface area contributed by atoms with Crippen molar-refractivity contribution in [2.75, 3.05) is 45.1 Å². The highest BCUT2D eigenvalue weighted by Gasteiger charge is 2.32. The molecule has 0 saturated carbocycles. The van der Waals surface area contributed by atoms with Crippen LogP contribution in [-0.4, -0.2) is 69.0 Å². The first-order valence-corrected chi connectivity index (χ1v) is 15.4. The maximum absolute atomic E-state index is 13.8. The number of benzene rings is 3. The van der Waals surface area contributed by atoms with Gasteiger partial charge in [0.1, 0.15) is 11.8 Å². The summed E-state index contributed by atoms with van der Waals surface area (Å²) in [5, 5.41) is 8.26. The quantitative estimate of drug-likeness (QED) is 0.240. The SMILES string of the molecule is CCN(CC)C(=O)C[C@@H]1NC(=O)c2cc(Oc3cc(C)cc(C)c3)c(NC(=O)c3cc(OC)c(OC)c(OC)c3Br)cc2NC1=O. The Morgan fingerprint density at radius 1 is 0.891 bits per heavy atom. The molecule has 1 heterocycles. The van der Waals surface area contributed by atoms with Gasteiger partial charge in [0, 0.05) is 13.1 Å². The Kier molecular flexibility index (Phi) is 10.8. The lowest BCUT2D eigenvalue weighted by molar-refractivity contribution is -0.133. The summed E-state index contributed by atoms with van der Waals surface area (Å²) < 4.78 is 22.9. The summed E-state index contributed by atoms with van der Waals surface area (Å²) in [6.45, 7) is 8.47. The molecule has 0 fully saturated rings. The van der Waals surface area contributed by atoms with Crippen LogP contribution in [0.1, 0.15) is 52.1 Å². The number of carbonyl (C=O) groups excluding carboxylic acids is 4. The van der Waals surface area contributed by atoms with E-state index in [1.54, 1.807) is 4.90 Å². The van der Waals surface area contributed by atoms with Crippen LogP contribution in [0.5, 0.6) is 28.7 Å². The molecule has 0 unspecified atom stereocenters. The zero-order valence-corrected chi connectivity index (χ0v) is 28.3. The third-order valence-corrected chi connectivity index (χ3v) is 8.21. The van der Waals surface area contributed by atoms with E-state index < -0.39 is 23.8 Å². The predicted molar refractivity (Wildman–Crippen MR) is 177 cm³/mol. The van der Waals surface area contributed by atoms with E-state index in [4.69, 9.17) is 18.9 Å². The topological polar surface area (TPSA) is 145 Å². The number of hydrogen-bond donors (Lipinski definition) is 3. The second-order valence-electron chi connectivity index (χ2n) is 10.6. The summed E-state index contributed by atoms with van der Waals surface area (Å²) in [6.07, 6.45) is -0.210. The molecule has 4 amide bonds. The molecule has 1 aliphatic heterocycles. The molecule has 0 bridgehead atoms. The summed E-state index contributed by atoms with van der Waals surface area (Å²) in [6, 6.07) is 8.89. The molecule has 0 aliphatic carbocycles. The number of amides is 4. The third kappa shape index (κ3) is 7.20. The maximum atomic E-state index is 13.8. The Labute approximate surface area is 275 Å². The number of ether oxygens (including phenoxy) is 4. The number of carbonyl (C=O) groups is 4. The Hall–Kier alpha value is -4.78. The highest BCUT2D eigenvalue weighted by molar-refractivity contribution is 9.10. The van der Waals surface area contributed by atoms with E-state index in [9.17, 15) is 19.2 Å². The van der Waals surface area contributed by atoms with Crippen LogP contribution in [0.15, 0.2) is 40.9 Å². The molecule has 46 heavy (non-hydrogen) atoms. The van der Waals surface area contributed by atoms with Gasteiger partial charge in [0.15, 0.2) is 17.2 Å². The van der Waals surface area contributed by atoms with Crippen molar-refractivity contribution in [2.24, 2.45) is 0 Å². The van der Waals surface area contributed by atoms with Gasteiger partial charge in [0.05, 0.1) is 54.7 Å². The molecule has 3 aromatic carbocycles. The number of rotatable bonds is 11. The summed E-state index contributed by atoms with van der Waals surface area (Å²) in [5.74, 6) is -0.583. The van der Waals surface area contributed by atoms with Crippen LogP contribution in [0.3, 0.4) is 0 Å². The van der Waals surface area contributed by atoms with Gasteiger partial charge < -0.3 is 39.8 Å². The molecule has 244 valence electrons. The lowest BCUT2D eigenvalue weighted by Crippen LogP contribution is -2.45. The largest absolute Gasteiger partial charge is 0.493 e.